The first-order valence-electron chi connectivity index (χ1n) is 5.20. The zero-order valence-corrected chi connectivity index (χ0v) is 9.34. The third-order valence-electron chi connectivity index (χ3n) is 3.10. The van der Waals surface area contributed by atoms with Gasteiger partial charge in [-0.2, -0.15) is 0 Å². The molecule has 1 heterocycles. The first kappa shape index (κ1) is 12.5. The summed E-state index contributed by atoms with van der Waals surface area (Å²) in [7, 11) is 0. The van der Waals surface area contributed by atoms with Gasteiger partial charge >= 0.3 is 5.97 Å². The van der Waals surface area contributed by atoms with Crippen LogP contribution in [0.15, 0.2) is 0 Å². The Morgan fingerprint density at radius 3 is 2.62 bits per heavy atom. The highest BCUT2D eigenvalue weighted by Gasteiger charge is 2.42. The third kappa shape index (κ3) is 2.32. The second kappa shape index (κ2) is 4.96. The predicted molar refractivity (Wildman–Crippen MR) is 55.6 cm³/mol. The van der Waals surface area contributed by atoms with E-state index in [1.807, 2.05) is 13.8 Å². The summed E-state index contributed by atoms with van der Waals surface area (Å²) in [5.41, 5.74) is 0. The summed E-state index contributed by atoms with van der Waals surface area (Å²) in [6.07, 6.45) is 0.890. The van der Waals surface area contributed by atoms with Gasteiger partial charge in [0, 0.05) is 6.04 Å². The molecule has 0 saturated carbocycles. The maximum absolute atomic E-state index is 11.7. The molecule has 0 aromatic carbocycles. The molecular formula is C10H16N2O4. The number of hydrogen-bond acceptors (Lipinski definition) is 3. The van der Waals surface area contributed by atoms with Crippen molar-refractivity contribution in [1.29, 1.82) is 0 Å². The van der Waals surface area contributed by atoms with E-state index in [4.69, 9.17) is 5.11 Å². The van der Waals surface area contributed by atoms with Crippen LogP contribution in [-0.2, 0) is 14.4 Å². The molecule has 1 rings (SSSR count). The number of carbonyl (C=O) groups is 3. The summed E-state index contributed by atoms with van der Waals surface area (Å²) in [4.78, 5) is 34.2. The third-order valence-corrected chi connectivity index (χ3v) is 3.10. The number of likely N-dealkylation sites (tertiary alicyclic amines) is 1. The summed E-state index contributed by atoms with van der Waals surface area (Å²) in [6, 6.07) is -0.881. The van der Waals surface area contributed by atoms with E-state index in [0.29, 0.717) is 12.8 Å². The molecule has 6 nitrogen and oxygen atoms in total. The molecule has 1 aliphatic rings. The Bertz CT molecular complexity index is 305. The first-order chi connectivity index (χ1) is 7.49. The molecule has 0 aromatic heterocycles. The molecule has 6 heteroatoms. The average molecular weight is 228 g/mol. The molecule has 1 saturated heterocycles. The number of carboxylic acid groups (broad SMARTS) is 1. The quantitative estimate of drug-likeness (QED) is 0.632. The fourth-order valence-electron chi connectivity index (χ4n) is 2.06. The van der Waals surface area contributed by atoms with E-state index in [1.54, 1.807) is 0 Å². The van der Waals surface area contributed by atoms with Gasteiger partial charge in [0.05, 0.1) is 6.54 Å². The monoisotopic (exact) mass is 228 g/mol. The molecule has 2 amide bonds. The molecule has 2 unspecified atom stereocenters. The number of hydrogen-bond donors (Lipinski definition) is 2. The van der Waals surface area contributed by atoms with Crippen molar-refractivity contribution in [2.24, 2.45) is 5.92 Å². The lowest BCUT2D eigenvalue weighted by Gasteiger charge is -2.26. The van der Waals surface area contributed by atoms with E-state index >= 15 is 0 Å². The van der Waals surface area contributed by atoms with Gasteiger partial charge in [0.25, 0.3) is 0 Å². The summed E-state index contributed by atoms with van der Waals surface area (Å²) in [5.74, 6) is -1.19. The van der Waals surface area contributed by atoms with Crippen molar-refractivity contribution in [1.82, 2.24) is 10.2 Å². The molecular weight excluding hydrogens is 212 g/mol. The molecule has 90 valence electrons. The SMILES string of the molecule is CC1[C@@H](C)CC(C(=O)O)N1C(=O)CNC=O. The van der Waals surface area contributed by atoms with Crippen molar-refractivity contribution >= 4 is 18.3 Å². The Labute approximate surface area is 93.6 Å². The van der Waals surface area contributed by atoms with Crippen molar-refractivity contribution in [3.63, 3.8) is 0 Å². The van der Waals surface area contributed by atoms with Gasteiger partial charge in [-0.15, -0.1) is 0 Å². The summed E-state index contributed by atoms with van der Waals surface area (Å²) < 4.78 is 0. The number of rotatable bonds is 4. The normalized spacial score (nSPS) is 28.9. The Morgan fingerprint density at radius 1 is 1.50 bits per heavy atom. The fraction of sp³-hybridized carbons (Fsp3) is 0.700. The van der Waals surface area contributed by atoms with E-state index in [0.717, 1.165) is 0 Å². The van der Waals surface area contributed by atoms with E-state index < -0.39 is 12.0 Å². The molecule has 3 atom stereocenters. The minimum Gasteiger partial charge on any atom is -0.480 e. The molecule has 1 fully saturated rings. The average Bonchev–Trinajstić information content (AvgIpc) is 2.52. The maximum atomic E-state index is 11.7. The van der Waals surface area contributed by atoms with Crippen LogP contribution in [0, 0.1) is 5.92 Å². The van der Waals surface area contributed by atoms with Gasteiger partial charge < -0.3 is 15.3 Å². The summed E-state index contributed by atoms with van der Waals surface area (Å²) in [6.45, 7) is 3.60. The zero-order chi connectivity index (χ0) is 12.3. The molecule has 0 bridgehead atoms. The minimum atomic E-state index is -0.990. The lowest BCUT2D eigenvalue weighted by atomic mass is 10.0. The van der Waals surface area contributed by atoms with Crippen LogP contribution >= 0.6 is 0 Å². The van der Waals surface area contributed by atoms with Crippen LogP contribution < -0.4 is 5.32 Å². The van der Waals surface area contributed by atoms with E-state index in [-0.39, 0.29) is 24.4 Å². The number of carbonyl (C=O) groups excluding carboxylic acids is 2. The maximum Gasteiger partial charge on any atom is 0.326 e. The lowest BCUT2D eigenvalue weighted by Crippen LogP contribution is -2.47. The van der Waals surface area contributed by atoms with Crippen LogP contribution in [0.2, 0.25) is 0 Å². The van der Waals surface area contributed by atoms with E-state index in [9.17, 15) is 14.4 Å². The number of amides is 2. The van der Waals surface area contributed by atoms with Crippen molar-refractivity contribution < 1.29 is 19.5 Å². The molecule has 0 radical (unpaired) electrons. The van der Waals surface area contributed by atoms with E-state index in [1.165, 1.54) is 4.90 Å². The second-order valence-corrected chi connectivity index (χ2v) is 4.11. The number of nitrogens with one attached hydrogen (secondary N) is 1. The standard InChI is InChI=1S/C10H16N2O4/c1-6-3-8(10(15)16)12(7(6)2)9(14)4-11-5-13/h5-8H,3-4H2,1-2H3,(H,11,13)(H,15,16)/t6-,7?,8?/m0/s1. The number of aliphatic carboxylic acids is 1. The largest absolute Gasteiger partial charge is 0.480 e. The van der Waals surface area contributed by atoms with E-state index in [2.05, 4.69) is 5.32 Å². The highest BCUT2D eigenvalue weighted by molar-refractivity contribution is 5.86. The highest BCUT2D eigenvalue weighted by Crippen LogP contribution is 2.29. The molecule has 0 spiro atoms. The van der Waals surface area contributed by atoms with Crippen molar-refractivity contribution in [3.8, 4) is 0 Å². The van der Waals surface area contributed by atoms with Gasteiger partial charge in [-0.1, -0.05) is 6.92 Å². The molecule has 1 aliphatic heterocycles. The Morgan fingerprint density at radius 2 is 2.12 bits per heavy atom. The molecule has 0 aliphatic carbocycles. The van der Waals surface area contributed by atoms with Crippen molar-refractivity contribution in [3.05, 3.63) is 0 Å². The minimum absolute atomic E-state index is 0.109. The van der Waals surface area contributed by atoms with Crippen LogP contribution in [0.5, 0.6) is 0 Å². The Hall–Kier alpha value is -1.59. The smallest absolute Gasteiger partial charge is 0.326 e. The first-order valence-corrected chi connectivity index (χ1v) is 5.20. The van der Waals surface area contributed by atoms with Gasteiger partial charge in [0.15, 0.2) is 0 Å². The van der Waals surface area contributed by atoms with Crippen LogP contribution in [0.25, 0.3) is 0 Å². The second-order valence-electron chi connectivity index (χ2n) is 4.11. The highest BCUT2D eigenvalue weighted by atomic mass is 16.4. The molecule has 16 heavy (non-hydrogen) atoms. The van der Waals surface area contributed by atoms with Crippen molar-refractivity contribution in [2.45, 2.75) is 32.4 Å². The Balaban J connectivity index is 2.77. The number of nitrogens with zero attached hydrogens (tertiary/aromatic N) is 1. The van der Waals surface area contributed by atoms with Gasteiger partial charge in [0.2, 0.25) is 12.3 Å². The van der Waals surface area contributed by atoms with Crippen LogP contribution in [0.1, 0.15) is 20.3 Å². The number of carboxylic acids is 1. The van der Waals surface area contributed by atoms with Gasteiger partial charge in [-0.25, -0.2) is 4.79 Å². The topological polar surface area (TPSA) is 86.7 Å². The summed E-state index contributed by atoms with van der Waals surface area (Å²) in [5, 5.41) is 11.3. The van der Waals surface area contributed by atoms with Gasteiger partial charge in [-0.05, 0) is 19.3 Å². The van der Waals surface area contributed by atoms with Gasteiger partial charge in [0.1, 0.15) is 6.04 Å². The molecule has 0 aromatic rings. The lowest BCUT2D eigenvalue weighted by molar-refractivity contribution is -0.149. The van der Waals surface area contributed by atoms with Crippen molar-refractivity contribution in [2.75, 3.05) is 6.54 Å². The van der Waals surface area contributed by atoms with Crippen LogP contribution in [0.4, 0.5) is 0 Å². The van der Waals surface area contributed by atoms with Crippen LogP contribution in [0.3, 0.4) is 0 Å². The van der Waals surface area contributed by atoms with Gasteiger partial charge in [-0.3, -0.25) is 9.59 Å². The zero-order valence-electron chi connectivity index (χ0n) is 9.34. The predicted octanol–water partition coefficient (Wildman–Crippen LogP) is -0.557. The summed E-state index contributed by atoms with van der Waals surface area (Å²) >= 11 is 0. The van der Waals surface area contributed by atoms with Crippen LogP contribution in [-0.4, -0.2) is 46.9 Å². The fourth-order valence-corrected chi connectivity index (χ4v) is 2.06. The molecule has 2 N–H and O–H groups in total. The Kier molecular flexibility index (Phi) is 3.87.